The van der Waals surface area contributed by atoms with Crippen LogP contribution in [0.2, 0.25) is 0 Å². The molecule has 2 saturated carbocycles. The first-order valence-electron chi connectivity index (χ1n) is 11.2. The number of fused-ring (bicyclic) bond motifs is 1. The lowest BCUT2D eigenvalue weighted by atomic mass is 10.1. The maximum absolute atomic E-state index is 12.8. The molecule has 0 spiro atoms. The molecule has 3 N–H and O–H groups in total. The number of aromatic amines is 1. The summed E-state index contributed by atoms with van der Waals surface area (Å²) in [5.74, 6) is 0.302. The molecule has 13 heteroatoms. The summed E-state index contributed by atoms with van der Waals surface area (Å²) in [6.07, 6.45) is -1.25. The largest absolute Gasteiger partial charge is 0.471 e. The number of hydrogen-bond acceptors (Lipinski definition) is 7. The molecule has 184 valence electrons. The predicted molar refractivity (Wildman–Crippen MR) is 113 cm³/mol. The fraction of sp³-hybridized carbons (Fsp3) is 0.619. The van der Waals surface area contributed by atoms with Gasteiger partial charge in [-0.15, -0.1) is 5.10 Å². The summed E-state index contributed by atoms with van der Waals surface area (Å²) in [6.45, 7) is 3.06. The van der Waals surface area contributed by atoms with Crippen LogP contribution in [0, 0.1) is 5.92 Å². The van der Waals surface area contributed by atoms with E-state index in [1.807, 2.05) is 0 Å². The molecule has 2 amide bonds. The van der Waals surface area contributed by atoms with E-state index in [0.717, 1.165) is 12.8 Å². The smallest absolute Gasteiger partial charge is 0.407 e. The maximum Gasteiger partial charge on any atom is 0.407 e. The van der Waals surface area contributed by atoms with Crippen LogP contribution in [0.5, 0.6) is 5.88 Å². The van der Waals surface area contributed by atoms with E-state index in [-0.39, 0.29) is 47.8 Å². The van der Waals surface area contributed by atoms with Gasteiger partial charge < -0.3 is 24.8 Å². The van der Waals surface area contributed by atoms with Crippen molar-refractivity contribution in [3.8, 4) is 5.88 Å². The van der Waals surface area contributed by atoms with Crippen LogP contribution in [0.25, 0.3) is 0 Å². The van der Waals surface area contributed by atoms with Gasteiger partial charge in [0, 0.05) is 30.1 Å². The number of ether oxygens (including phenoxy) is 3. The van der Waals surface area contributed by atoms with Crippen LogP contribution in [-0.4, -0.2) is 63.3 Å². The second-order valence-electron chi connectivity index (χ2n) is 9.24. The Morgan fingerprint density at radius 2 is 2.12 bits per heavy atom. The molecule has 1 saturated heterocycles. The molecule has 3 fully saturated rings. The van der Waals surface area contributed by atoms with E-state index in [9.17, 15) is 18.4 Å². The Balaban J connectivity index is 1.16. The molecule has 3 heterocycles. The third-order valence-electron chi connectivity index (χ3n) is 6.25. The number of H-pyrrole nitrogens is 1. The van der Waals surface area contributed by atoms with E-state index in [2.05, 4.69) is 25.9 Å². The maximum atomic E-state index is 12.8. The fourth-order valence-electron chi connectivity index (χ4n) is 4.09. The Bertz CT molecular complexity index is 1080. The summed E-state index contributed by atoms with van der Waals surface area (Å²) in [6, 6.07) is 2.74. The minimum atomic E-state index is -2.65. The van der Waals surface area contributed by atoms with E-state index < -0.39 is 25.0 Å². The summed E-state index contributed by atoms with van der Waals surface area (Å²) in [7, 11) is 0. The number of nitrogens with one attached hydrogen (secondary N) is 3. The Morgan fingerprint density at radius 1 is 1.35 bits per heavy atom. The van der Waals surface area contributed by atoms with Crippen LogP contribution in [0.1, 0.15) is 61.4 Å². The molecule has 2 aliphatic carbocycles. The van der Waals surface area contributed by atoms with Crippen LogP contribution in [0.3, 0.4) is 0 Å². The monoisotopic (exact) mass is 480 g/mol. The van der Waals surface area contributed by atoms with Gasteiger partial charge in [0.05, 0.1) is 12.3 Å². The minimum Gasteiger partial charge on any atom is -0.471 e. The average molecular weight is 480 g/mol. The van der Waals surface area contributed by atoms with E-state index >= 15 is 0 Å². The van der Waals surface area contributed by atoms with Gasteiger partial charge >= 0.3 is 6.09 Å². The lowest BCUT2D eigenvalue weighted by Crippen LogP contribution is -2.34. The molecule has 3 aliphatic rings. The van der Waals surface area contributed by atoms with Crippen molar-refractivity contribution in [3.63, 3.8) is 0 Å². The fourth-order valence-corrected chi connectivity index (χ4v) is 4.09. The highest BCUT2D eigenvalue weighted by atomic mass is 19.3. The summed E-state index contributed by atoms with van der Waals surface area (Å²) >= 11 is 0. The van der Waals surface area contributed by atoms with Crippen molar-refractivity contribution < 1.29 is 32.6 Å². The lowest BCUT2D eigenvalue weighted by Gasteiger charge is -2.12. The van der Waals surface area contributed by atoms with Gasteiger partial charge in [-0.3, -0.25) is 14.6 Å². The molecule has 0 bridgehead atoms. The summed E-state index contributed by atoms with van der Waals surface area (Å²) in [5.41, 5.74) is 0.782. The van der Waals surface area contributed by atoms with Gasteiger partial charge in [-0.05, 0) is 32.6 Å². The second-order valence-corrected chi connectivity index (χ2v) is 9.24. The molecule has 2 atom stereocenters. The highest BCUT2D eigenvalue weighted by Gasteiger charge is 2.71. The zero-order valence-corrected chi connectivity index (χ0v) is 18.7. The van der Waals surface area contributed by atoms with E-state index in [4.69, 9.17) is 14.2 Å². The van der Waals surface area contributed by atoms with E-state index in [1.54, 1.807) is 19.9 Å². The number of hydrogen-bond donors (Lipinski definition) is 3. The van der Waals surface area contributed by atoms with Crippen LogP contribution >= 0.6 is 0 Å². The topological polar surface area (TPSA) is 132 Å². The first-order chi connectivity index (χ1) is 16.2. The first kappa shape index (κ1) is 22.6. The molecular formula is C21H26F2N6O5. The summed E-state index contributed by atoms with van der Waals surface area (Å²) < 4.78 is 42.4. The van der Waals surface area contributed by atoms with Gasteiger partial charge in [0.25, 0.3) is 12.3 Å². The Morgan fingerprint density at radius 3 is 2.79 bits per heavy atom. The normalized spacial score (nSPS) is 26.9. The molecule has 2 aromatic heterocycles. The molecule has 11 nitrogen and oxygen atoms in total. The lowest BCUT2D eigenvalue weighted by molar-refractivity contribution is 0.0681. The number of alkyl carbamates (subject to hydrolysis) is 1. The number of carbonyl (C=O) groups is 2. The van der Waals surface area contributed by atoms with Gasteiger partial charge in [-0.2, -0.15) is 5.10 Å². The number of rotatable bonds is 9. The van der Waals surface area contributed by atoms with Crippen LogP contribution in [0.4, 0.5) is 19.4 Å². The van der Waals surface area contributed by atoms with Crippen molar-refractivity contribution in [3.05, 3.63) is 23.5 Å². The van der Waals surface area contributed by atoms with Crippen molar-refractivity contribution in [1.29, 1.82) is 0 Å². The number of anilines is 1. The Kier molecular flexibility index (Phi) is 5.66. The zero-order chi connectivity index (χ0) is 24.0. The minimum absolute atomic E-state index is 0.00713. The predicted octanol–water partition coefficient (Wildman–Crippen LogP) is 2.80. The quantitative estimate of drug-likeness (QED) is 0.503. The van der Waals surface area contributed by atoms with Gasteiger partial charge in [0.1, 0.15) is 17.9 Å². The molecule has 2 unspecified atom stereocenters. The van der Waals surface area contributed by atoms with Crippen LogP contribution in [0.15, 0.2) is 12.1 Å². The first-order valence-corrected chi connectivity index (χ1v) is 11.2. The standard InChI is InChI=1S/C21H26F2N6O5/c1-10(2)29-14(5-18(28-29)33-9-16(22)23)19(30)24-17-4-13(26-27-17)15-3-12(8-32-15)34-20(31)25-21-6-11(21)7-21/h4-5,10-12,15-16H,3,6-9H2,1-2H3,(H,25,31)(H2,24,26,27,30). The van der Waals surface area contributed by atoms with E-state index in [1.165, 1.54) is 10.7 Å². The molecule has 1 aliphatic heterocycles. The molecule has 2 aromatic rings. The van der Waals surface area contributed by atoms with Crippen molar-refractivity contribution in [2.24, 2.45) is 5.92 Å². The third-order valence-corrected chi connectivity index (χ3v) is 6.25. The molecule has 0 aromatic carbocycles. The zero-order valence-electron chi connectivity index (χ0n) is 18.7. The average Bonchev–Trinajstić information content (AvgIpc) is 3.30. The van der Waals surface area contributed by atoms with Crippen molar-refractivity contribution >= 4 is 17.8 Å². The van der Waals surface area contributed by atoms with Crippen molar-refractivity contribution in [1.82, 2.24) is 25.3 Å². The van der Waals surface area contributed by atoms with Gasteiger partial charge in [0.2, 0.25) is 5.88 Å². The summed E-state index contributed by atoms with van der Waals surface area (Å²) in [5, 5.41) is 16.6. The summed E-state index contributed by atoms with van der Waals surface area (Å²) in [4.78, 5) is 24.8. The molecule has 5 rings (SSSR count). The Labute approximate surface area is 193 Å². The number of alkyl halides is 2. The van der Waals surface area contributed by atoms with Gasteiger partial charge in [0.15, 0.2) is 12.4 Å². The Hall–Kier alpha value is -3.22. The highest BCUT2D eigenvalue weighted by molar-refractivity contribution is 6.02. The number of amides is 2. The van der Waals surface area contributed by atoms with Crippen molar-refractivity contribution in [2.75, 3.05) is 18.5 Å². The number of nitrogens with zero attached hydrogens (tertiary/aromatic N) is 3. The number of aromatic nitrogens is 4. The molecule has 0 radical (unpaired) electrons. The second kappa shape index (κ2) is 8.53. The van der Waals surface area contributed by atoms with E-state index in [0.29, 0.717) is 18.0 Å². The third kappa shape index (κ3) is 4.69. The molecule has 34 heavy (non-hydrogen) atoms. The van der Waals surface area contributed by atoms with Crippen molar-refractivity contribution in [2.45, 2.75) is 63.3 Å². The highest BCUT2D eigenvalue weighted by Crippen LogP contribution is 2.66. The van der Waals surface area contributed by atoms with Crippen LogP contribution in [-0.2, 0) is 9.47 Å². The number of carbonyl (C=O) groups excluding carboxylic acids is 2. The van der Waals surface area contributed by atoms with Crippen LogP contribution < -0.4 is 15.4 Å². The van der Waals surface area contributed by atoms with Gasteiger partial charge in [-0.1, -0.05) is 0 Å². The van der Waals surface area contributed by atoms with Gasteiger partial charge in [-0.25, -0.2) is 13.6 Å². The SMILES string of the molecule is CC(C)n1nc(OCC(F)F)cc1C(=O)Nc1cc(C2CC(OC(=O)NC34CC3C4)CO2)[nH]n1. The number of halogens is 2. The molecular weight excluding hydrogens is 454 g/mol.